The van der Waals surface area contributed by atoms with E-state index in [2.05, 4.69) is 0 Å². The van der Waals surface area contributed by atoms with E-state index in [0.29, 0.717) is 5.56 Å². The van der Waals surface area contributed by atoms with Crippen molar-refractivity contribution in [1.82, 2.24) is 0 Å². The van der Waals surface area contributed by atoms with Gasteiger partial charge < -0.3 is 5.11 Å². The van der Waals surface area contributed by atoms with Crippen LogP contribution in [0.2, 0.25) is 0 Å². The van der Waals surface area contributed by atoms with Crippen LogP contribution in [0.5, 0.6) is 0 Å². The molecule has 0 aliphatic carbocycles. The Morgan fingerprint density at radius 1 is 1.27 bits per heavy atom. The van der Waals surface area contributed by atoms with Gasteiger partial charge in [0, 0.05) is 5.75 Å². The van der Waals surface area contributed by atoms with Crippen molar-refractivity contribution >= 4 is 11.8 Å². The van der Waals surface area contributed by atoms with Gasteiger partial charge in [-0.05, 0) is 24.2 Å². The molecule has 5 heteroatoms. The van der Waals surface area contributed by atoms with E-state index in [1.807, 2.05) is 6.92 Å². The minimum absolute atomic E-state index is 0.209. The number of benzene rings is 1. The summed E-state index contributed by atoms with van der Waals surface area (Å²) in [7, 11) is 0. The lowest BCUT2D eigenvalue weighted by Gasteiger charge is -2.12. The Kier molecular flexibility index (Phi) is 4.04. The minimum Gasteiger partial charge on any atom is -0.388 e. The van der Waals surface area contributed by atoms with Crippen LogP contribution in [-0.4, -0.2) is 16.4 Å². The Morgan fingerprint density at radius 3 is 2.27 bits per heavy atom. The highest BCUT2D eigenvalue weighted by Crippen LogP contribution is 2.33. The summed E-state index contributed by atoms with van der Waals surface area (Å²) in [6.45, 7) is 1.88. The number of alkyl halides is 3. The molecule has 0 radical (unpaired) electrons. The van der Waals surface area contributed by atoms with Crippen molar-refractivity contribution in [3.8, 4) is 0 Å². The van der Waals surface area contributed by atoms with Crippen LogP contribution in [0.3, 0.4) is 0 Å². The molecule has 0 fully saturated rings. The number of aliphatic hydroxyl groups is 1. The van der Waals surface area contributed by atoms with Crippen molar-refractivity contribution < 1.29 is 18.3 Å². The maximum Gasteiger partial charge on any atom is 0.441 e. The van der Waals surface area contributed by atoms with Crippen LogP contribution in [0.25, 0.3) is 0 Å². The van der Waals surface area contributed by atoms with Gasteiger partial charge in [0.05, 0.1) is 6.10 Å². The van der Waals surface area contributed by atoms with Gasteiger partial charge >= 0.3 is 5.51 Å². The first-order chi connectivity index (χ1) is 6.88. The molecule has 0 aromatic heterocycles. The van der Waals surface area contributed by atoms with E-state index in [0.717, 1.165) is 5.56 Å². The van der Waals surface area contributed by atoms with Gasteiger partial charge in [-0.15, -0.1) is 0 Å². The molecule has 0 spiro atoms. The van der Waals surface area contributed by atoms with Crippen molar-refractivity contribution in [2.24, 2.45) is 0 Å². The summed E-state index contributed by atoms with van der Waals surface area (Å²) in [5, 5.41) is 9.45. The van der Waals surface area contributed by atoms with Gasteiger partial charge in [-0.25, -0.2) is 0 Å². The largest absolute Gasteiger partial charge is 0.441 e. The zero-order valence-electron chi connectivity index (χ0n) is 8.08. The molecule has 0 heterocycles. The maximum absolute atomic E-state index is 11.8. The lowest BCUT2D eigenvalue weighted by molar-refractivity contribution is -0.0333. The maximum atomic E-state index is 11.8. The first kappa shape index (κ1) is 12.4. The second-order valence-electron chi connectivity index (χ2n) is 3.18. The van der Waals surface area contributed by atoms with Crippen LogP contribution in [-0.2, 0) is 0 Å². The van der Waals surface area contributed by atoms with Gasteiger partial charge in [0.1, 0.15) is 0 Å². The van der Waals surface area contributed by atoms with Crippen LogP contribution in [0.15, 0.2) is 24.3 Å². The topological polar surface area (TPSA) is 20.2 Å². The Hall–Kier alpha value is -0.680. The van der Waals surface area contributed by atoms with E-state index < -0.39 is 11.6 Å². The minimum atomic E-state index is -4.29. The summed E-state index contributed by atoms with van der Waals surface area (Å²) in [4.78, 5) is 0. The number of hydrogen-bond acceptors (Lipinski definition) is 2. The summed E-state index contributed by atoms with van der Waals surface area (Å²) >= 11 is -0.209. The second-order valence-corrected chi connectivity index (χ2v) is 4.27. The Bertz CT molecular complexity index is 307. The van der Waals surface area contributed by atoms with Crippen molar-refractivity contribution in [2.75, 3.05) is 5.75 Å². The lowest BCUT2D eigenvalue weighted by Crippen LogP contribution is -2.07. The smallest absolute Gasteiger partial charge is 0.388 e. The summed E-state index contributed by atoms with van der Waals surface area (Å²) in [6, 6.07) is 6.79. The molecular weight excluding hydrogens is 225 g/mol. The fraction of sp³-hybridized carbons (Fsp3) is 0.400. The van der Waals surface area contributed by atoms with E-state index in [1.165, 1.54) is 0 Å². The van der Waals surface area contributed by atoms with Gasteiger partial charge in [0.25, 0.3) is 0 Å². The van der Waals surface area contributed by atoms with Gasteiger partial charge in [-0.1, -0.05) is 29.8 Å². The molecule has 1 aromatic rings. The third kappa shape index (κ3) is 4.57. The van der Waals surface area contributed by atoms with Gasteiger partial charge in [-0.2, -0.15) is 13.2 Å². The molecule has 0 saturated carbocycles. The van der Waals surface area contributed by atoms with E-state index in [-0.39, 0.29) is 17.5 Å². The normalized spacial score (nSPS) is 13.9. The molecule has 0 bridgehead atoms. The van der Waals surface area contributed by atoms with E-state index in [1.54, 1.807) is 24.3 Å². The van der Waals surface area contributed by atoms with Crippen molar-refractivity contribution in [2.45, 2.75) is 18.5 Å². The molecule has 1 nitrogen and oxygen atoms in total. The van der Waals surface area contributed by atoms with Gasteiger partial charge in [0.2, 0.25) is 0 Å². The summed E-state index contributed by atoms with van der Waals surface area (Å²) in [5.41, 5.74) is -2.77. The summed E-state index contributed by atoms with van der Waals surface area (Å²) in [6.07, 6.45) is -1.07. The van der Waals surface area contributed by atoms with Crippen LogP contribution in [0.1, 0.15) is 17.2 Å². The Morgan fingerprint density at radius 2 is 1.80 bits per heavy atom. The fourth-order valence-electron chi connectivity index (χ4n) is 1.06. The molecule has 0 saturated heterocycles. The number of hydrogen-bond donors (Lipinski definition) is 1. The first-order valence-electron chi connectivity index (χ1n) is 4.34. The summed E-state index contributed by atoms with van der Waals surface area (Å²) < 4.78 is 35.5. The van der Waals surface area contributed by atoms with Crippen molar-refractivity contribution in [3.63, 3.8) is 0 Å². The van der Waals surface area contributed by atoms with Crippen LogP contribution in [0.4, 0.5) is 13.2 Å². The number of aryl methyl sites for hydroxylation is 1. The predicted octanol–water partition coefficient (Wildman–Crippen LogP) is 3.28. The van der Waals surface area contributed by atoms with Crippen LogP contribution < -0.4 is 0 Å². The third-order valence-corrected chi connectivity index (χ3v) is 2.68. The average Bonchev–Trinajstić information content (AvgIpc) is 2.14. The van der Waals surface area contributed by atoms with Crippen LogP contribution >= 0.6 is 11.8 Å². The highest BCUT2D eigenvalue weighted by molar-refractivity contribution is 8.00. The van der Waals surface area contributed by atoms with Crippen molar-refractivity contribution in [1.29, 1.82) is 0 Å². The Labute approximate surface area is 90.3 Å². The number of thioether (sulfide) groups is 1. The third-order valence-electron chi connectivity index (χ3n) is 1.87. The summed E-state index contributed by atoms with van der Waals surface area (Å²) in [5.74, 6) is -0.368. The molecule has 0 amide bonds. The molecule has 0 aliphatic rings. The van der Waals surface area contributed by atoms with Gasteiger partial charge in [0.15, 0.2) is 0 Å². The van der Waals surface area contributed by atoms with E-state index in [9.17, 15) is 18.3 Å². The monoisotopic (exact) mass is 236 g/mol. The molecule has 84 valence electrons. The first-order valence-corrected chi connectivity index (χ1v) is 5.32. The molecule has 0 unspecified atom stereocenters. The standard InChI is InChI=1S/C10H11F3OS/c1-7-2-4-8(5-3-7)9(14)6-15-10(11,12)13/h2-5,9,14H,6H2,1H3/t9-/m0/s1. The molecular formula is C10H11F3OS. The molecule has 1 N–H and O–H groups in total. The SMILES string of the molecule is Cc1ccc([C@@H](O)CSC(F)(F)F)cc1. The average molecular weight is 236 g/mol. The quantitative estimate of drug-likeness (QED) is 0.869. The zero-order chi connectivity index (χ0) is 11.5. The van der Waals surface area contributed by atoms with E-state index >= 15 is 0 Å². The highest BCUT2D eigenvalue weighted by atomic mass is 32.2. The predicted molar refractivity (Wildman–Crippen MR) is 54.7 cm³/mol. The highest BCUT2D eigenvalue weighted by Gasteiger charge is 2.29. The Balaban J connectivity index is 2.54. The van der Waals surface area contributed by atoms with Gasteiger partial charge in [-0.3, -0.25) is 0 Å². The number of rotatable bonds is 3. The van der Waals surface area contributed by atoms with Crippen LogP contribution in [0, 0.1) is 6.92 Å². The number of aliphatic hydroxyl groups excluding tert-OH is 1. The molecule has 15 heavy (non-hydrogen) atoms. The zero-order valence-corrected chi connectivity index (χ0v) is 8.90. The lowest BCUT2D eigenvalue weighted by atomic mass is 10.1. The second kappa shape index (κ2) is 4.90. The molecule has 0 aliphatic heterocycles. The van der Waals surface area contributed by atoms with Crippen molar-refractivity contribution in [3.05, 3.63) is 35.4 Å². The van der Waals surface area contributed by atoms with E-state index in [4.69, 9.17) is 0 Å². The fourth-order valence-corrected chi connectivity index (χ4v) is 1.60. The molecule has 1 aromatic carbocycles. The number of halogens is 3. The molecule has 1 rings (SSSR count). The molecule has 1 atom stereocenters.